The summed E-state index contributed by atoms with van der Waals surface area (Å²) in [7, 11) is 0. The zero-order chi connectivity index (χ0) is 20.1. The lowest BCUT2D eigenvalue weighted by molar-refractivity contribution is -0.125. The molecule has 0 bridgehead atoms. The quantitative estimate of drug-likeness (QED) is 0.739. The minimum absolute atomic E-state index is 0.0254. The van der Waals surface area contributed by atoms with E-state index in [1.54, 1.807) is 11.8 Å². The first-order chi connectivity index (χ1) is 14.2. The topological polar surface area (TPSA) is 61.9 Å². The minimum Gasteiger partial charge on any atom is -0.379 e. The molecule has 4 rings (SSSR count). The highest BCUT2D eigenvalue weighted by molar-refractivity contribution is 7.99. The van der Waals surface area contributed by atoms with Crippen LogP contribution in [0.1, 0.15) is 19.3 Å². The van der Waals surface area contributed by atoms with Gasteiger partial charge in [-0.25, -0.2) is 0 Å². The van der Waals surface area contributed by atoms with Crippen LogP contribution in [-0.4, -0.2) is 78.9 Å². The average Bonchev–Trinajstić information content (AvgIpc) is 3.26. The molecular formula is C21H29N3O3S2. The molecule has 1 N–H and O–H groups in total. The zero-order valence-electron chi connectivity index (χ0n) is 16.7. The zero-order valence-corrected chi connectivity index (χ0v) is 18.4. The van der Waals surface area contributed by atoms with Gasteiger partial charge in [-0.3, -0.25) is 14.5 Å². The van der Waals surface area contributed by atoms with Gasteiger partial charge in [-0.15, -0.1) is 11.8 Å². The van der Waals surface area contributed by atoms with E-state index in [1.807, 2.05) is 34.9 Å². The molecule has 0 aromatic heterocycles. The molecule has 158 valence electrons. The predicted molar refractivity (Wildman–Crippen MR) is 119 cm³/mol. The summed E-state index contributed by atoms with van der Waals surface area (Å²) in [6.07, 6.45) is 1.60. The standard InChI is InChI=1S/C21H29N3O3S2/c25-19(22-15-21(7-13-28-16-21)23-8-11-27-12-9-23)5-6-20(26)24-10-14-29-18-4-2-1-3-17(18)24/h1-4H,5-16H2,(H,22,25). The van der Waals surface area contributed by atoms with Crippen molar-refractivity contribution in [1.82, 2.24) is 10.2 Å². The molecule has 1 aromatic rings. The molecular weight excluding hydrogens is 406 g/mol. The first-order valence-corrected chi connectivity index (χ1v) is 12.5. The van der Waals surface area contributed by atoms with Gasteiger partial charge in [-0.2, -0.15) is 11.8 Å². The summed E-state index contributed by atoms with van der Waals surface area (Å²) in [5.41, 5.74) is 1.01. The molecule has 3 aliphatic rings. The Hall–Kier alpha value is -1.22. The third-order valence-corrected chi connectivity index (χ3v) is 8.25. The Morgan fingerprint density at radius 2 is 1.93 bits per heavy atom. The van der Waals surface area contributed by atoms with Crippen LogP contribution >= 0.6 is 23.5 Å². The number of hydrogen-bond donors (Lipinski definition) is 1. The van der Waals surface area contributed by atoms with Gasteiger partial charge in [-0.05, 0) is 24.3 Å². The number of para-hydroxylation sites is 1. The fourth-order valence-electron chi connectivity index (χ4n) is 4.27. The number of nitrogens with one attached hydrogen (secondary N) is 1. The Kier molecular flexibility index (Phi) is 7.05. The number of morpholine rings is 1. The van der Waals surface area contributed by atoms with Gasteiger partial charge < -0.3 is 15.0 Å². The van der Waals surface area contributed by atoms with Crippen LogP contribution in [0.2, 0.25) is 0 Å². The second-order valence-corrected chi connectivity index (χ2v) is 10.0. The number of nitrogens with zero attached hydrogens (tertiary/aromatic N) is 2. The number of amides is 2. The van der Waals surface area contributed by atoms with Crippen LogP contribution in [0.5, 0.6) is 0 Å². The number of ether oxygens (including phenoxy) is 1. The van der Waals surface area contributed by atoms with Crippen molar-refractivity contribution in [1.29, 1.82) is 0 Å². The molecule has 0 saturated carbocycles. The van der Waals surface area contributed by atoms with Crippen LogP contribution < -0.4 is 10.2 Å². The summed E-state index contributed by atoms with van der Waals surface area (Å²) < 4.78 is 5.50. The van der Waals surface area contributed by atoms with E-state index in [-0.39, 0.29) is 30.2 Å². The molecule has 3 heterocycles. The molecule has 0 aliphatic carbocycles. The molecule has 0 spiro atoms. The smallest absolute Gasteiger partial charge is 0.227 e. The van der Waals surface area contributed by atoms with Crippen molar-refractivity contribution in [2.45, 2.75) is 29.7 Å². The molecule has 1 aromatic carbocycles. The highest BCUT2D eigenvalue weighted by Gasteiger charge is 2.40. The Bertz CT molecular complexity index is 734. The Labute approximate surface area is 181 Å². The lowest BCUT2D eigenvalue weighted by atomic mass is 9.95. The van der Waals surface area contributed by atoms with E-state index in [2.05, 4.69) is 16.3 Å². The van der Waals surface area contributed by atoms with Crippen molar-refractivity contribution in [2.24, 2.45) is 0 Å². The van der Waals surface area contributed by atoms with Crippen molar-refractivity contribution in [2.75, 3.05) is 61.6 Å². The lowest BCUT2D eigenvalue weighted by Crippen LogP contribution is -2.59. The molecule has 3 aliphatic heterocycles. The van der Waals surface area contributed by atoms with Crippen molar-refractivity contribution in [3.05, 3.63) is 24.3 Å². The summed E-state index contributed by atoms with van der Waals surface area (Å²) >= 11 is 3.74. The van der Waals surface area contributed by atoms with Crippen LogP contribution in [0.15, 0.2) is 29.2 Å². The fourth-order valence-corrected chi connectivity index (χ4v) is 6.74. The third-order valence-electron chi connectivity index (χ3n) is 5.97. The number of hydrogen-bond acceptors (Lipinski definition) is 6. The maximum absolute atomic E-state index is 12.7. The first-order valence-electron chi connectivity index (χ1n) is 10.4. The highest BCUT2D eigenvalue weighted by atomic mass is 32.2. The summed E-state index contributed by atoms with van der Waals surface area (Å²) in [6, 6.07) is 8.00. The average molecular weight is 436 g/mol. The van der Waals surface area contributed by atoms with E-state index < -0.39 is 0 Å². The molecule has 2 saturated heterocycles. The minimum atomic E-state index is -0.0254. The van der Waals surface area contributed by atoms with Crippen LogP contribution in [0.4, 0.5) is 5.69 Å². The number of anilines is 1. The SMILES string of the molecule is O=C(CCC(=O)N1CCSc2ccccc21)NCC1(N2CCOCC2)CCSC1. The highest BCUT2D eigenvalue weighted by Crippen LogP contribution is 2.35. The summed E-state index contributed by atoms with van der Waals surface area (Å²) in [4.78, 5) is 30.7. The molecule has 8 heteroatoms. The van der Waals surface area contributed by atoms with Crippen molar-refractivity contribution in [3.8, 4) is 0 Å². The summed E-state index contributed by atoms with van der Waals surface area (Å²) in [5.74, 6) is 3.09. The number of fused-ring (bicyclic) bond motifs is 1. The van der Waals surface area contributed by atoms with Gasteiger partial charge in [0.15, 0.2) is 0 Å². The molecule has 1 atom stereocenters. The Morgan fingerprint density at radius 3 is 2.72 bits per heavy atom. The number of carbonyl (C=O) groups excluding carboxylic acids is 2. The Morgan fingerprint density at radius 1 is 1.10 bits per heavy atom. The van der Waals surface area contributed by atoms with E-state index >= 15 is 0 Å². The van der Waals surface area contributed by atoms with Gasteiger partial charge in [-0.1, -0.05) is 12.1 Å². The fraction of sp³-hybridized carbons (Fsp3) is 0.619. The third kappa shape index (κ3) is 4.93. The summed E-state index contributed by atoms with van der Waals surface area (Å²) in [6.45, 7) is 4.77. The van der Waals surface area contributed by atoms with E-state index in [0.29, 0.717) is 13.1 Å². The van der Waals surface area contributed by atoms with Crippen molar-refractivity contribution < 1.29 is 14.3 Å². The van der Waals surface area contributed by atoms with Crippen LogP contribution in [0.25, 0.3) is 0 Å². The maximum Gasteiger partial charge on any atom is 0.227 e. The van der Waals surface area contributed by atoms with E-state index in [9.17, 15) is 9.59 Å². The van der Waals surface area contributed by atoms with E-state index in [1.165, 1.54) is 0 Å². The second kappa shape index (κ2) is 9.73. The first kappa shape index (κ1) is 21.0. The number of rotatable bonds is 6. The molecule has 2 amide bonds. The molecule has 1 unspecified atom stereocenters. The molecule has 2 fully saturated rings. The van der Waals surface area contributed by atoms with Gasteiger partial charge in [0.25, 0.3) is 0 Å². The van der Waals surface area contributed by atoms with E-state index in [0.717, 1.165) is 60.6 Å². The number of benzene rings is 1. The van der Waals surface area contributed by atoms with Crippen molar-refractivity contribution in [3.63, 3.8) is 0 Å². The molecule has 0 radical (unpaired) electrons. The molecule has 29 heavy (non-hydrogen) atoms. The predicted octanol–water partition coefficient (Wildman–Crippen LogP) is 2.23. The maximum atomic E-state index is 12.7. The van der Waals surface area contributed by atoms with Gasteiger partial charge in [0.05, 0.1) is 18.9 Å². The second-order valence-electron chi connectivity index (χ2n) is 7.76. The monoisotopic (exact) mass is 435 g/mol. The normalized spacial score (nSPS) is 24.9. The summed E-state index contributed by atoms with van der Waals surface area (Å²) in [5, 5.41) is 3.13. The number of thioether (sulfide) groups is 2. The molecule has 6 nitrogen and oxygen atoms in total. The van der Waals surface area contributed by atoms with Crippen molar-refractivity contribution >= 4 is 41.0 Å². The van der Waals surface area contributed by atoms with Gasteiger partial charge >= 0.3 is 0 Å². The lowest BCUT2D eigenvalue weighted by Gasteiger charge is -2.43. The van der Waals surface area contributed by atoms with Gasteiger partial charge in [0.2, 0.25) is 11.8 Å². The Balaban J connectivity index is 1.28. The van der Waals surface area contributed by atoms with Gasteiger partial charge in [0, 0.05) is 61.0 Å². The van der Waals surface area contributed by atoms with Crippen LogP contribution in [0.3, 0.4) is 0 Å². The largest absolute Gasteiger partial charge is 0.379 e. The van der Waals surface area contributed by atoms with E-state index in [4.69, 9.17) is 4.74 Å². The number of carbonyl (C=O) groups is 2. The van der Waals surface area contributed by atoms with Crippen LogP contribution in [-0.2, 0) is 14.3 Å². The van der Waals surface area contributed by atoms with Crippen LogP contribution in [0, 0.1) is 0 Å². The van der Waals surface area contributed by atoms with Gasteiger partial charge in [0.1, 0.15) is 0 Å².